The van der Waals surface area contributed by atoms with Crippen LogP contribution in [0.4, 0.5) is 0 Å². The summed E-state index contributed by atoms with van der Waals surface area (Å²) in [6.07, 6.45) is 5.74. The van der Waals surface area contributed by atoms with Crippen LogP contribution in [-0.4, -0.2) is 35.7 Å². The summed E-state index contributed by atoms with van der Waals surface area (Å²) in [6.45, 7) is 4.60. The van der Waals surface area contributed by atoms with Gasteiger partial charge in [-0.2, -0.15) is 11.8 Å². The van der Waals surface area contributed by atoms with Crippen LogP contribution in [0.2, 0.25) is 0 Å². The van der Waals surface area contributed by atoms with Gasteiger partial charge in [0.05, 0.1) is 5.92 Å². The van der Waals surface area contributed by atoms with E-state index in [1.165, 1.54) is 18.6 Å². The quantitative estimate of drug-likeness (QED) is 0.600. The largest absolute Gasteiger partial charge is 0.481 e. The molecule has 0 amide bonds. The number of carboxylic acids is 1. The van der Waals surface area contributed by atoms with Crippen molar-refractivity contribution >= 4 is 17.7 Å². The van der Waals surface area contributed by atoms with Gasteiger partial charge in [-0.05, 0) is 38.3 Å². The molecule has 4 heteroatoms. The normalized spacial score (nSPS) is 14.9. The van der Waals surface area contributed by atoms with Crippen LogP contribution in [0.1, 0.15) is 33.1 Å². The molecule has 0 aliphatic rings. The Morgan fingerprint density at radius 2 is 2.00 bits per heavy atom. The van der Waals surface area contributed by atoms with Gasteiger partial charge in [-0.15, -0.1) is 0 Å². The highest BCUT2D eigenvalue weighted by atomic mass is 32.2. The average Bonchev–Trinajstić information content (AvgIpc) is 2.21. The zero-order valence-corrected chi connectivity index (χ0v) is 10.8. The van der Waals surface area contributed by atoms with Crippen molar-refractivity contribution in [2.45, 2.75) is 39.2 Å². The molecule has 2 N–H and O–H groups in total. The number of aliphatic carboxylic acids is 1. The number of carbonyl (C=O) groups is 1. The fourth-order valence-corrected chi connectivity index (χ4v) is 1.76. The van der Waals surface area contributed by atoms with E-state index in [1.807, 2.05) is 18.7 Å². The number of hydrogen-bond donors (Lipinski definition) is 2. The Bertz CT molecular complexity index is 176. The summed E-state index contributed by atoms with van der Waals surface area (Å²) in [6, 6.07) is 0.0584. The number of hydrogen-bond acceptors (Lipinski definition) is 3. The van der Waals surface area contributed by atoms with Gasteiger partial charge in [0.2, 0.25) is 0 Å². The van der Waals surface area contributed by atoms with Crippen LogP contribution < -0.4 is 5.32 Å². The summed E-state index contributed by atoms with van der Waals surface area (Å²) in [5.41, 5.74) is 0. The summed E-state index contributed by atoms with van der Waals surface area (Å²) in [4.78, 5) is 10.7. The van der Waals surface area contributed by atoms with E-state index < -0.39 is 5.97 Å². The number of rotatable bonds is 9. The van der Waals surface area contributed by atoms with Gasteiger partial charge in [-0.1, -0.05) is 13.3 Å². The highest BCUT2D eigenvalue weighted by Gasteiger charge is 2.17. The smallest absolute Gasteiger partial charge is 0.307 e. The van der Waals surface area contributed by atoms with E-state index in [9.17, 15) is 4.79 Å². The molecule has 0 rings (SSSR count). The second kappa shape index (κ2) is 9.04. The monoisotopic (exact) mass is 233 g/mol. The van der Waals surface area contributed by atoms with Crippen molar-refractivity contribution in [1.82, 2.24) is 5.32 Å². The van der Waals surface area contributed by atoms with Crippen LogP contribution in [0, 0.1) is 5.92 Å². The molecule has 3 nitrogen and oxygen atoms in total. The maximum absolute atomic E-state index is 10.7. The summed E-state index contributed by atoms with van der Waals surface area (Å²) in [7, 11) is 0. The lowest BCUT2D eigenvalue weighted by Crippen LogP contribution is -2.36. The topological polar surface area (TPSA) is 49.3 Å². The zero-order chi connectivity index (χ0) is 11.7. The Morgan fingerprint density at radius 3 is 2.53 bits per heavy atom. The molecular weight excluding hydrogens is 210 g/mol. The number of carboxylic acid groups (broad SMARTS) is 1. The van der Waals surface area contributed by atoms with Crippen molar-refractivity contribution < 1.29 is 9.90 Å². The van der Waals surface area contributed by atoms with Crippen molar-refractivity contribution in [2.75, 3.05) is 18.6 Å². The fourth-order valence-electron chi connectivity index (χ4n) is 1.27. The van der Waals surface area contributed by atoms with Gasteiger partial charge in [0.1, 0.15) is 0 Å². The van der Waals surface area contributed by atoms with E-state index in [0.29, 0.717) is 0 Å². The predicted octanol–water partition coefficient (Wildman–Crippen LogP) is 2.22. The molecule has 0 saturated carbocycles. The lowest BCUT2D eigenvalue weighted by molar-refractivity contribution is -0.141. The van der Waals surface area contributed by atoms with E-state index in [1.54, 1.807) is 6.92 Å². The van der Waals surface area contributed by atoms with E-state index >= 15 is 0 Å². The summed E-state index contributed by atoms with van der Waals surface area (Å²) < 4.78 is 0. The van der Waals surface area contributed by atoms with E-state index in [0.717, 1.165) is 13.0 Å². The second-order valence-electron chi connectivity index (χ2n) is 3.92. The molecule has 0 aromatic heterocycles. The van der Waals surface area contributed by atoms with Crippen LogP contribution in [0.15, 0.2) is 0 Å². The molecule has 0 heterocycles. The molecule has 2 atom stereocenters. The van der Waals surface area contributed by atoms with Crippen molar-refractivity contribution in [3.8, 4) is 0 Å². The predicted molar refractivity (Wildman–Crippen MR) is 66.5 cm³/mol. The first-order chi connectivity index (χ1) is 7.09. The minimum atomic E-state index is -0.725. The van der Waals surface area contributed by atoms with Gasteiger partial charge in [0.15, 0.2) is 0 Å². The van der Waals surface area contributed by atoms with Gasteiger partial charge in [-0.3, -0.25) is 4.79 Å². The van der Waals surface area contributed by atoms with Gasteiger partial charge < -0.3 is 10.4 Å². The summed E-state index contributed by atoms with van der Waals surface area (Å²) in [5, 5.41) is 12.0. The maximum atomic E-state index is 10.7. The van der Waals surface area contributed by atoms with Crippen LogP contribution in [0.25, 0.3) is 0 Å². The summed E-state index contributed by atoms with van der Waals surface area (Å²) in [5.74, 6) is 0.190. The van der Waals surface area contributed by atoms with Gasteiger partial charge in [0.25, 0.3) is 0 Å². The van der Waals surface area contributed by atoms with Crippen molar-refractivity contribution in [1.29, 1.82) is 0 Å². The molecule has 0 saturated heterocycles. The fraction of sp³-hybridized carbons (Fsp3) is 0.909. The lowest BCUT2D eigenvalue weighted by atomic mass is 10.0. The highest BCUT2D eigenvalue weighted by molar-refractivity contribution is 7.98. The molecule has 15 heavy (non-hydrogen) atoms. The first-order valence-electron chi connectivity index (χ1n) is 5.54. The molecule has 90 valence electrons. The number of unbranched alkanes of at least 4 members (excludes halogenated alkanes) is 2. The van der Waals surface area contributed by atoms with Crippen LogP contribution in [0.3, 0.4) is 0 Å². The number of nitrogens with one attached hydrogen (secondary N) is 1. The lowest BCUT2D eigenvalue weighted by Gasteiger charge is -2.17. The molecule has 0 fully saturated rings. The van der Waals surface area contributed by atoms with Crippen molar-refractivity contribution in [3.63, 3.8) is 0 Å². The van der Waals surface area contributed by atoms with Crippen molar-refractivity contribution in [3.05, 3.63) is 0 Å². The molecule has 0 spiro atoms. The van der Waals surface area contributed by atoms with Gasteiger partial charge in [0, 0.05) is 6.04 Å². The molecule has 0 aliphatic heterocycles. The Hall–Kier alpha value is -0.220. The third-order valence-corrected chi connectivity index (χ3v) is 3.33. The zero-order valence-electron chi connectivity index (χ0n) is 9.95. The van der Waals surface area contributed by atoms with E-state index in [4.69, 9.17) is 5.11 Å². The Morgan fingerprint density at radius 1 is 1.33 bits per heavy atom. The van der Waals surface area contributed by atoms with Gasteiger partial charge in [-0.25, -0.2) is 0 Å². The molecule has 0 radical (unpaired) electrons. The van der Waals surface area contributed by atoms with Crippen molar-refractivity contribution in [2.24, 2.45) is 5.92 Å². The standard InChI is InChI=1S/C11H23NO2S/c1-9(11(13)14)10(2)12-7-5-4-6-8-15-3/h9-10,12H,4-8H2,1-3H3,(H,13,14). The molecule has 2 unspecified atom stereocenters. The molecule has 0 aromatic rings. The highest BCUT2D eigenvalue weighted by Crippen LogP contribution is 2.04. The Balaban J connectivity index is 3.38. The minimum Gasteiger partial charge on any atom is -0.481 e. The SMILES string of the molecule is CSCCCCCNC(C)C(C)C(=O)O. The first-order valence-corrected chi connectivity index (χ1v) is 6.94. The van der Waals surface area contributed by atoms with Gasteiger partial charge >= 0.3 is 5.97 Å². The Labute approximate surface area is 97.0 Å². The molecular formula is C11H23NO2S. The molecule has 0 aromatic carbocycles. The summed E-state index contributed by atoms with van der Waals surface area (Å²) >= 11 is 1.88. The first kappa shape index (κ1) is 14.8. The van der Waals surface area contributed by atoms with E-state index in [2.05, 4.69) is 11.6 Å². The van der Waals surface area contributed by atoms with Crippen LogP contribution >= 0.6 is 11.8 Å². The average molecular weight is 233 g/mol. The number of thioether (sulfide) groups is 1. The Kier molecular flexibility index (Phi) is 8.91. The second-order valence-corrected chi connectivity index (χ2v) is 4.91. The third kappa shape index (κ3) is 7.68. The minimum absolute atomic E-state index is 0.0584. The van der Waals surface area contributed by atoms with E-state index in [-0.39, 0.29) is 12.0 Å². The molecule has 0 aliphatic carbocycles. The van der Waals surface area contributed by atoms with Crippen LogP contribution in [-0.2, 0) is 4.79 Å². The molecule has 0 bridgehead atoms. The van der Waals surface area contributed by atoms with Crippen LogP contribution in [0.5, 0.6) is 0 Å². The third-order valence-electron chi connectivity index (χ3n) is 2.63. The maximum Gasteiger partial charge on any atom is 0.307 e.